The average Bonchev–Trinajstić information content (AvgIpc) is 2.84. The molecular weight excluding hydrogens is 200 g/mol. The molecule has 84 valence electrons. The van der Waals surface area contributed by atoms with Crippen LogP contribution in [0.2, 0.25) is 0 Å². The molecule has 4 heteroatoms. The maximum absolute atomic E-state index is 4.17. The van der Waals surface area contributed by atoms with E-state index in [1.807, 2.05) is 38.6 Å². The Kier molecular flexibility index (Phi) is 3.19. The van der Waals surface area contributed by atoms with E-state index >= 15 is 0 Å². The van der Waals surface area contributed by atoms with Crippen molar-refractivity contribution in [3.63, 3.8) is 0 Å². The molecule has 2 aromatic rings. The molecule has 0 aromatic carbocycles. The molecule has 0 unspecified atom stereocenters. The Bertz CT molecular complexity index is 434. The predicted molar refractivity (Wildman–Crippen MR) is 63.1 cm³/mol. The van der Waals surface area contributed by atoms with Crippen LogP contribution in [0.4, 0.5) is 0 Å². The highest BCUT2D eigenvalue weighted by atomic mass is 15.1. The molecule has 16 heavy (non-hydrogen) atoms. The molecule has 0 aliphatic rings. The minimum Gasteiger partial charge on any atom is -0.331 e. The van der Waals surface area contributed by atoms with Crippen LogP contribution in [0.3, 0.4) is 0 Å². The molecule has 0 N–H and O–H groups in total. The lowest BCUT2D eigenvalue weighted by atomic mass is 10.4. The summed E-state index contributed by atoms with van der Waals surface area (Å²) < 4.78 is 4.22. The number of allylic oxidation sites excluding steroid dienone is 2. The molecule has 0 fully saturated rings. The smallest absolute Gasteiger partial charge is 0.105 e. The van der Waals surface area contributed by atoms with Gasteiger partial charge in [-0.1, -0.05) is 12.2 Å². The van der Waals surface area contributed by atoms with E-state index in [-0.39, 0.29) is 0 Å². The van der Waals surface area contributed by atoms with Gasteiger partial charge in [0.2, 0.25) is 0 Å². The van der Waals surface area contributed by atoms with Crippen molar-refractivity contribution in [3.8, 4) is 0 Å². The summed E-state index contributed by atoms with van der Waals surface area (Å²) in [6.07, 6.45) is 11.9. The van der Waals surface area contributed by atoms with E-state index in [0.717, 1.165) is 24.7 Å². The van der Waals surface area contributed by atoms with Gasteiger partial charge in [0, 0.05) is 37.9 Å². The molecule has 0 amide bonds. The van der Waals surface area contributed by atoms with Crippen LogP contribution >= 0.6 is 0 Å². The molecule has 0 aliphatic heterocycles. The monoisotopic (exact) mass is 216 g/mol. The minimum absolute atomic E-state index is 0.875. The van der Waals surface area contributed by atoms with Gasteiger partial charge in [0.1, 0.15) is 11.6 Å². The molecule has 0 saturated heterocycles. The lowest BCUT2D eigenvalue weighted by molar-refractivity contribution is 0.754. The summed E-state index contributed by atoms with van der Waals surface area (Å²) in [6, 6.07) is 0. The quantitative estimate of drug-likeness (QED) is 0.732. The van der Waals surface area contributed by atoms with Gasteiger partial charge in [0.05, 0.1) is 0 Å². The number of imidazole rings is 2. The standard InChI is InChI=1S/C12H16N4/c1-11-13-5-9-15(11)7-3-4-8-16-10-6-14-12(16)2/h3-6,9-10H,7-8H2,1-2H3/b4-3+. The fourth-order valence-electron chi connectivity index (χ4n) is 1.57. The first-order chi connectivity index (χ1) is 7.77. The fourth-order valence-corrected chi connectivity index (χ4v) is 1.57. The van der Waals surface area contributed by atoms with Gasteiger partial charge in [-0.15, -0.1) is 0 Å². The first kappa shape index (κ1) is 10.7. The fraction of sp³-hybridized carbons (Fsp3) is 0.333. The Labute approximate surface area is 95.3 Å². The van der Waals surface area contributed by atoms with Crippen LogP contribution in [-0.2, 0) is 13.1 Å². The Hall–Kier alpha value is -1.84. The molecule has 0 bridgehead atoms. The largest absolute Gasteiger partial charge is 0.331 e. The number of hydrogen-bond donors (Lipinski definition) is 0. The normalized spacial score (nSPS) is 11.4. The molecule has 0 atom stereocenters. The first-order valence-electron chi connectivity index (χ1n) is 5.38. The average molecular weight is 216 g/mol. The summed E-state index contributed by atoms with van der Waals surface area (Å²) in [7, 11) is 0. The number of aryl methyl sites for hydroxylation is 2. The van der Waals surface area contributed by atoms with E-state index in [2.05, 4.69) is 31.3 Å². The third kappa shape index (κ3) is 2.39. The van der Waals surface area contributed by atoms with E-state index in [1.54, 1.807) is 0 Å². The molecule has 2 aromatic heterocycles. The van der Waals surface area contributed by atoms with Gasteiger partial charge in [0.25, 0.3) is 0 Å². The molecule has 0 spiro atoms. The zero-order valence-electron chi connectivity index (χ0n) is 9.67. The highest BCUT2D eigenvalue weighted by molar-refractivity contribution is 4.95. The lowest BCUT2D eigenvalue weighted by Gasteiger charge is -2.01. The van der Waals surface area contributed by atoms with Crippen LogP contribution in [0.15, 0.2) is 36.9 Å². The van der Waals surface area contributed by atoms with Crippen molar-refractivity contribution in [2.45, 2.75) is 26.9 Å². The van der Waals surface area contributed by atoms with Gasteiger partial charge < -0.3 is 9.13 Å². The van der Waals surface area contributed by atoms with E-state index in [4.69, 9.17) is 0 Å². The summed E-state index contributed by atoms with van der Waals surface area (Å²) in [4.78, 5) is 8.35. The van der Waals surface area contributed by atoms with E-state index in [0.29, 0.717) is 0 Å². The van der Waals surface area contributed by atoms with E-state index in [9.17, 15) is 0 Å². The van der Waals surface area contributed by atoms with Crippen molar-refractivity contribution >= 4 is 0 Å². The number of rotatable bonds is 4. The number of aromatic nitrogens is 4. The predicted octanol–water partition coefficient (Wildman–Crippen LogP) is 1.95. The summed E-state index contributed by atoms with van der Waals surface area (Å²) in [5, 5.41) is 0. The highest BCUT2D eigenvalue weighted by Crippen LogP contribution is 1.97. The Morgan fingerprint density at radius 3 is 1.69 bits per heavy atom. The molecular formula is C12H16N4. The van der Waals surface area contributed by atoms with Gasteiger partial charge in [-0.25, -0.2) is 9.97 Å². The minimum atomic E-state index is 0.875. The second-order valence-electron chi connectivity index (χ2n) is 3.73. The third-order valence-corrected chi connectivity index (χ3v) is 2.62. The SMILES string of the molecule is Cc1nccn1C/C=C/Cn1ccnc1C. The zero-order chi connectivity index (χ0) is 11.4. The summed E-state index contributed by atoms with van der Waals surface area (Å²) in [5.74, 6) is 2.09. The number of nitrogens with zero attached hydrogens (tertiary/aromatic N) is 4. The Balaban J connectivity index is 1.87. The van der Waals surface area contributed by atoms with Crippen molar-refractivity contribution in [2.75, 3.05) is 0 Å². The van der Waals surface area contributed by atoms with Crippen LogP contribution in [0.25, 0.3) is 0 Å². The van der Waals surface area contributed by atoms with Crippen molar-refractivity contribution < 1.29 is 0 Å². The van der Waals surface area contributed by atoms with Gasteiger partial charge in [0.15, 0.2) is 0 Å². The summed E-state index contributed by atoms with van der Waals surface area (Å²) in [6.45, 7) is 5.76. The van der Waals surface area contributed by atoms with Crippen LogP contribution in [0.5, 0.6) is 0 Å². The maximum atomic E-state index is 4.17. The van der Waals surface area contributed by atoms with Crippen molar-refractivity contribution in [2.24, 2.45) is 0 Å². The molecule has 4 nitrogen and oxygen atoms in total. The summed E-state index contributed by atoms with van der Waals surface area (Å²) in [5.41, 5.74) is 0. The third-order valence-electron chi connectivity index (χ3n) is 2.62. The van der Waals surface area contributed by atoms with Crippen molar-refractivity contribution in [3.05, 3.63) is 48.6 Å². The molecule has 2 rings (SSSR count). The van der Waals surface area contributed by atoms with Crippen LogP contribution in [0.1, 0.15) is 11.6 Å². The second kappa shape index (κ2) is 4.79. The lowest BCUT2D eigenvalue weighted by Crippen LogP contribution is -1.98. The zero-order valence-corrected chi connectivity index (χ0v) is 9.67. The molecule has 0 radical (unpaired) electrons. The van der Waals surface area contributed by atoms with Crippen molar-refractivity contribution in [1.29, 1.82) is 0 Å². The van der Waals surface area contributed by atoms with Crippen LogP contribution in [0, 0.1) is 13.8 Å². The Morgan fingerprint density at radius 1 is 0.938 bits per heavy atom. The van der Waals surface area contributed by atoms with E-state index < -0.39 is 0 Å². The topological polar surface area (TPSA) is 35.6 Å². The van der Waals surface area contributed by atoms with Gasteiger partial charge >= 0.3 is 0 Å². The molecule has 0 saturated carbocycles. The Morgan fingerprint density at radius 2 is 1.38 bits per heavy atom. The van der Waals surface area contributed by atoms with E-state index in [1.165, 1.54) is 0 Å². The molecule has 0 aliphatic carbocycles. The summed E-state index contributed by atoms with van der Waals surface area (Å²) >= 11 is 0. The van der Waals surface area contributed by atoms with Gasteiger partial charge in [-0.05, 0) is 13.8 Å². The van der Waals surface area contributed by atoms with Gasteiger partial charge in [-0.2, -0.15) is 0 Å². The maximum Gasteiger partial charge on any atom is 0.105 e. The van der Waals surface area contributed by atoms with Gasteiger partial charge in [-0.3, -0.25) is 0 Å². The van der Waals surface area contributed by atoms with Crippen LogP contribution in [-0.4, -0.2) is 19.1 Å². The van der Waals surface area contributed by atoms with Crippen LogP contribution < -0.4 is 0 Å². The molecule has 2 heterocycles. The van der Waals surface area contributed by atoms with Crippen molar-refractivity contribution in [1.82, 2.24) is 19.1 Å². The second-order valence-corrected chi connectivity index (χ2v) is 3.73. The highest BCUT2D eigenvalue weighted by Gasteiger charge is 1.94. The number of hydrogen-bond acceptors (Lipinski definition) is 2. The first-order valence-corrected chi connectivity index (χ1v) is 5.38.